The predicted octanol–water partition coefficient (Wildman–Crippen LogP) is 7.04. The third-order valence-corrected chi connectivity index (χ3v) is 8.56. The minimum atomic E-state index is -0.586. The smallest absolute Gasteiger partial charge is 0.272 e. The Balaban J connectivity index is 1.25. The van der Waals surface area contributed by atoms with Gasteiger partial charge in [0, 0.05) is 28.3 Å². The summed E-state index contributed by atoms with van der Waals surface area (Å²) in [4.78, 5) is 54.8. The molecular weight excluding hydrogens is 611 g/mol. The molecule has 226 valence electrons. The Morgan fingerprint density at radius 1 is 0.933 bits per heavy atom. The van der Waals surface area contributed by atoms with Crippen LogP contribution in [0.25, 0.3) is 16.3 Å². The lowest BCUT2D eigenvalue weighted by Gasteiger charge is -2.13. The second kappa shape index (κ2) is 14.0. The highest BCUT2D eigenvalue weighted by atomic mass is 32.2. The first kappa shape index (κ1) is 31.1. The zero-order valence-electron chi connectivity index (χ0n) is 24.1. The molecule has 45 heavy (non-hydrogen) atoms. The topological polar surface area (TPSA) is 143 Å². The summed E-state index contributed by atoms with van der Waals surface area (Å²) in [6, 6.07) is 27.0. The fourth-order valence-electron chi connectivity index (χ4n) is 4.17. The third-order valence-electron chi connectivity index (χ3n) is 6.51. The van der Waals surface area contributed by atoms with Gasteiger partial charge in [-0.3, -0.25) is 24.5 Å². The summed E-state index contributed by atoms with van der Waals surface area (Å²) in [5, 5.41) is 19.5. The predicted molar refractivity (Wildman–Crippen MR) is 178 cm³/mol. The number of nitrogens with one attached hydrogen (secondary N) is 3. The van der Waals surface area contributed by atoms with E-state index in [1.54, 1.807) is 61.5 Å². The number of nitro groups is 1. The number of thioether (sulfide) groups is 1. The Hall–Kier alpha value is -5.33. The van der Waals surface area contributed by atoms with Crippen molar-refractivity contribution in [1.29, 1.82) is 0 Å². The van der Waals surface area contributed by atoms with E-state index in [2.05, 4.69) is 20.9 Å². The highest BCUT2D eigenvalue weighted by Crippen LogP contribution is 2.29. The van der Waals surface area contributed by atoms with Gasteiger partial charge in [-0.1, -0.05) is 35.6 Å². The first-order valence-electron chi connectivity index (χ1n) is 13.7. The molecule has 0 aliphatic rings. The minimum absolute atomic E-state index is 0.0496. The number of nitro benzene ring substituents is 1. The molecule has 3 amide bonds. The number of anilines is 2. The van der Waals surface area contributed by atoms with Gasteiger partial charge in [-0.15, -0.1) is 11.8 Å². The van der Waals surface area contributed by atoms with Gasteiger partial charge >= 0.3 is 0 Å². The quantitative estimate of drug-likeness (QED) is 0.0645. The number of rotatable bonds is 10. The van der Waals surface area contributed by atoms with Gasteiger partial charge in [-0.25, -0.2) is 4.98 Å². The first-order valence-corrected chi connectivity index (χ1v) is 15.4. The van der Waals surface area contributed by atoms with E-state index in [-0.39, 0.29) is 17.3 Å². The van der Waals surface area contributed by atoms with Crippen LogP contribution >= 0.6 is 23.1 Å². The summed E-state index contributed by atoms with van der Waals surface area (Å²) >= 11 is 2.79. The van der Waals surface area contributed by atoms with Crippen molar-refractivity contribution in [3.8, 4) is 0 Å². The zero-order valence-corrected chi connectivity index (χ0v) is 25.8. The molecule has 4 aromatic carbocycles. The van der Waals surface area contributed by atoms with Crippen molar-refractivity contribution in [3.05, 3.63) is 130 Å². The number of hydrogen-bond acceptors (Lipinski definition) is 8. The molecule has 0 radical (unpaired) electrons. The van der Waals surface area contributed by atoms with E-state index in [0.29, 0.717) is 21.9 Å². The fraction of sp³-hybridized carbons (Fsp3) is 0.0909. The largest absolute Gasteiger partial charge is 0.321 e. The molecule has 1 heterocycles. The summed E-state index contributed by atoms with van der Waals surface area (Å²) in [7, 11) is 0. The molecule has 0 saturated heterocycles. The van der Waals surface area contributed by atoms with Crippen LogP contribution in [0.5, 0.6) is 0 Å². The Kier molecular flexibility index (Phi) is 9.66. The Morgan fingerprint density at radius 2 is 1.64 bits per heavy atom. The number of aryl methyl sites for hydroxylation is 1. The molecular formula is C33H27N5O5S2. The van der Waals surface area contributed by atoms with Crippen LogP contribution in [0.1, 0.15) is 28.4 Å². The van der Waals surface area contributed by atoms with E-state index in [0.717, 1.165) is 20.7 Å². The molecule has 10 nitrogen and oxygen atoms in total. The Bertz CT molecular complexity index is 1910. The van der Waals surface area contributed by atoms with Crippen LogP contribution in [0.3, 0.4) is 0 Å². The van der Waals surface area contributed by atoms with Crippen molar-refractivity contribution in [2.45, 2.75) is 24.0 Å². The normalized spacial score (nSPS) is 11.9. The number of amides is 3. The summed E-state index contributed by atoms with van der Waals surface area (Å²) in [6.45, 7) is 3.81. The monoisotopic (exact) mass is 637 g/mol. The van der Waals surface area contributed by atoms with Gasteiger partial charge in [0.15, 0.2) is 5.13 Å². The van der Waals surface area contributed by atoms with Crippen molar-refractivity contribution in [2.24, 2.45) is 0 Å². The van der Waals surface area contributed by atoms with Gasteiger partial charge in [0.05, 0.1) is 20.4 Å². The highest BCUT2D eigenvalue weighted by Gasteiger charge is 2.18. The number of thiazole rings is 1. The summed E-state index contributed by atoms with van der Waals surface area (Å²) in [5.74, 6) is -1.25. The molecule has 1 aromatic heterocycles. The van der Waals surface area contributed by atoms with Crippen LogP contribution in [0, 0.1) is 17.0 Å². The number of non-ortho nitro benzene ring substituents is 1. The number of fused-ring (bicyclic) bond motifs is 1. The molecule has 0 aliphatic carbocycles. The van der Waals surface area contributed by atoms with Crippen LogP contribution in [0.4, 0.5) is 16.5 Å². The van der Waals surface area contributed by atoms with Crippen LogP contribution in [0.15, 0.2) is 108 Å². The molecule has 0 aliphatic heterocycles. The van der Waals surface area contributed by atoms with E-state index < -0.39 is 22.0 Å². The molecule has 0 bridgehead atoms. The van der Waals surface area contributed by atoms with Gasteiger partial charge in [0.1, 0.15) is 5.70 Å². The van der Waals surface area contributed by atoms with Crippen molar-refractivity contribution >= 4 is 73.6 Å². The molecule has 0 saturated carbocycles. The standard InChI is InChI=1S/C33H27N5O5S2/c1-20-8-17-27-29(18-20)45-33(36-27)37-30(39)21(2)44-26-15-11-24(12-16-26)34-32(41)28(35-31(40)23-6-4-3-5-7-23)19-22-9-13-25(14-10-22)38(42)43/h3-19,21H,1-2H3,(H,34,41)(H,35,40)(H,36,37,39)/b28-19-. The van der Waals surface area contributed by atoms with Crippen molar-refractivity contribution in [3.63, 3.8) is 0 Å². The van der Waals surface area contributed by atoms with Gasteiger partial charge < -0.3 is 16.0 Å². The van der Waals surface area contributed by atoms with Gasteiger partial charge in [0.25, 0.3) is 17.5 Å². The third kappa shape index (κ3) is 8.19. The van der Waals surface area contributed by atoms with E-state index in [1.807, 2.05) is 25.1 Å². The lowest BCUT2D eigenvalue weighted by molar-refractivity contribution is -0.384. The van der Waals surface area contributed by atoms with Crippen molar-refractivity contribution < 1.29 is 19.3 Å². The van der Waals surface area contributed by atoms with Crippen molar-refractivity contribution in [2.75, 3.05) is 10.6 Å². The number of carbonyl (C=O) groups is 3. The van der Waals surface area contributed by atoms with Crippen LogP contribution in [-0.4, -0.2) is 32.9 Å². The highest BCUT2D eigenvalue weighted by molar-refractivity contribution is 8.00. The van der Waals surface area contributed by atoms with Crippen molar-refractivity contribution in [1.82, 2.24) is 10.3 Å². The molecule has 5 rings (SSSR count). The number of benzene rings is 4. The van der Waals surface area contributed by atoms with Crippen LogP contribution in [-0.2, 0) is 9.59 Å². The number of hydrogen-bond donors (Lipinski definition) is 3. The molecule has 0 fully saturated rings. The fourth-order valence-corrected chi connectivity index (χ4v) is 6.00. The second-order valence-electron chi connectivity index (χ2n) is 9.94. The van der Waals surface area contributed by atoms with E-state index in [9.17, 15) is 24.5 Å². The Morgan fingerprint density at radius 3 is 2.33 bits per heavy atom. The van der Waals surface area contributed by atoms with Gasteiger partial charge in [-0.2, -0.15) is 0 Å². The van der Waals surface area contributed by atoms with Crippen LogP contribution < -0.4 is 16.0 Å². The lowest BCUT2D eigenvalue weighted by atomic mass is 10.1. The number of aromatic nitrogens is 1. The van der Waals surface area contributed by atoms with E-state index >= 15 is 0 Å². The first-order chi connectivity index (χ1) is 21.6. The maximum Gasteiger partial charge on any atom is 0.272 e. The lowest BCUT2D eigenvalue weighted by Crippen LogP contribution is -2.30. The molecule has 1 unspecified atom stereocenters. The Labute approximate surface area is 266 Å². The average Bonchev–Trinajstić information content (AvgIpc) is 3.43. The van der Waals surface area contributed by atoms with E-state index in [4.69, 9.17) is 0 Å². The average molecular weight is 638 g/mol. The molecule has 1 atom stereocenters. The summed E-state index contributed by atoms with van der Waals surface area (Å²) in [6.07, 6.45) is 1.44. The summed E-state index contributed by atoms with van der Waals surface area (Å²) < 4.78 is 1.01. The van der Waals surface area contributed by atoms with Gasteiger partial charge in [-0.05, 0) is 91.7 Å². The minimum Gasteiger partial charge on any atom is -0.321 e. The maximum atomic E-state index is 13.3. The second-order valence-corrected chi connectivity index (χ2v) is 12.4. The number of nitrogens with zero attached hydrogens (tertiary/aromatic N) is 2. The zero-order chi connectivity index (χ0) is 31.9. The maximum absolute atomic E-state index is 13.3. The molecule has 5 aromatic rings. The molecule has 3 N–H and O–H groups in total. The van der Waals surface area contributed by atoms with E-state index in [1.165, 1.54) is 53.4 Å². The number of carbonyl (C=O) groups excluding carboxylic acids is 3. The van der Waals surface area contributed by atoms with Crippen LogP contribution in [0.2, 0.25) is 0 Å². The summed E-state index contributed by atoms with van der Waals surface area (Å²) in [5.41, 5.74) is 3.13. The van der Waals surface area contributed by atoms with Gasteiger partial charge in [0.2, 0.25) is 5.91 Å². The SMILES string of the molecule is Cc1ccc2nc(NC(=O)C(C)Sc3ccc(NC(=O)/C(=C/c4ccc([N+](=O)[O-])cc4)NC(=O)c4ccccc4)cc3)sc2c1. The molecule has 0 spiro atoms. The molecule has 12 heteroatoms.